The Hall–Kier alpha value is -2.81. The van der Waals surface area contributed by atoms with Crippen molar-refractivity contribution >= 4 is 16.0 Å². The van der Waals surface area contributed by atoms with Crippen LogP contribution in [0.15, 0.2) is 78.0 Å². The van der Waals surface area contributed by atoms with Crippen molar-refractivity contribution in [2.45, 2.75) is 17.9 Å². The lowest BCUT2D eigenvalue weighted by molar-refractivity contribution is 0.248. The van der Waals surface area contributed by atoms with Crippen LogP contribution in [0.4, 0.5) is 5.95 Å². The second kappa shape index (κ2) is 10.00. The van der Waals surface area contributed by atoms with Crippen molar-refractivity contribution in [3.63, 3.8) is 0 Å². The Kier molecular flexibility index (Phi) is 6.91. The topological polar surface area (TPSA) is 78.4 Å². The Morgan fingerprint density at radius 3 is 2.16 bits per heavy atom. The van der Waals surface area contributed by atoms with Crippen molar-refractivity contribution in [2.75, 3.05) is 37.6 Å². The Labute approximate surface area is 183 Å². The van der Waals surface area contributed by atoms with Crippen LogP contribution in [0, 0.1) is 0 Å². The molecule has 0 unspecified atom stereocenters. The van der Waals surface area contributed by atoms with E-state index in [0.29, 0.717) is 17.9 Å². The van der Waals surface area contributed by atoms with Crippen LogP contribution < -0.4 is 9.62 Å². The number of aromatic nitrogens is 2. The number of hydrogen-bond donors (Lipinski definition) is 1. The third-order valence-electron chi connectivity index (χ3n) is 5.40. The first-order valence-electron chi connectivity index (χ1n) is 10.5. The van der Waals surface area contributed by atoms with E-state index >= 15 is 0 Å². The van der Waals surface area contributed by atoms with Crippen LogP contribution in [-0.4, -0.2) is 56.0 Å². The maximum atomic E-state index is 12.6. The maximum absolute atomic E-state index is 12.6. The predicted molar refractivity (Wildman–Crippen MR) is 121 cm³/mol. The zero-order chi connectivity index (χ0) is 21.5. The molecule has 0 bridgehead atoms. The molecule has 1 aromatic heterocycles. The Bertz CT molecular complexity index is 1050. The summed E-state index contributed by atoms with van der Waals surface area (Å²) in [4.78, 5) is 13.5. The average molecular weight is 438 g/mol. The summed E-state index contributed by atoms with van der Waals surface area (Å²) in [5, 5.41) is 0. The molecule has 7 nitrogen and oxygen atoms in total. The van der Waals surface area contributed by atoms with E-state index < -0.39 is 10.0 Å². The standard InChI is InChI=1S/C23H27N5O2S/c29-31(30,26-14-11-20-5-2-1-3-6-20)22-9-7-21(8-10-22)19-27-15-17-28(18-16-27)23-24-12-4-13-25-23/h1-10,12-13,26H,11,14-19H2. The first kappa shape index (κ1) is 21.4. The number of nitrogens with one attached hydrogen (secondary N) is 1. The van der Waals surface area contributed by atoms with Gasteiger partial charge in [-0.1, -0.05) is 42.5 Å². The van der Waals surface area contributed by atoms with E-state index in [4.69, 9.17) is 0 Å². The second-order valence-electron chi connectivity index (χ2n) is 7.59. The van der Waals surface area contributed by atoms with Crippen LogP contribution >= 0.6 is 0 Å². The molecule has 0 spiro atoms. The third kappa shape index (κ3) is 5.88. The number of anilines is 1. The van der Waals surface area contributed by atoms with E-state index in [0.717, 1.165) is 49.8 Å². The lowest BCUT2D eigenvalue weighted by atomic mass is 10.2. The fourth-order valence-electron chi connectivity index (χ4n) is 3.65. The van der Waals surface area contributed by atoms with E-state index in [2.05, 4.69) is 24.5 Å². The molecule has 1 aliphatic heterocycles. The van der Waals surface area contributed by atoms with Gasteiger partial charge in [0.1, 0.15) is 0 Å². The van der Waals surface area contributed by atoms with E-state index in [1.54, 1.807) is 24.5 Å². The minimum absolute atomic E-state index is 0.301. The average Bonchev–Trinajstić information content (AvgIpc) is 2.81. The van der Waals surface area contributed by atoms with Crippen molar-refractivity contribution in [3.05, 3.63) is 84.2 Å². The summed E-state index contributed by atoms with van der Waals surface area (Å²) in [6.07, 6.45) is 4.19. The number of hydrogen-bond acceptors (Lipinski definition) is 6. The fraction of sp³-hybridized carbons (Fsp3) is 0.304. The van der Waals surface area contributed by atoms with Gasteiger partial charge in [0.05, 0.1) is 4.90 Å². The zero-order valence-corrected chi connectivity index (χ0v) is 18.2. The monoisotopic (exact) mass is 437 g/mol. The van der Waals surface area contributed by atoms with Gasteiger partial charge < -0.3 is 4.90 Å². The van der Waals surface area contributed by atoms with Crippen molar-refractivity contribution in [3.8, 4) is 0 Å². The van der Waals surface area contributed by atoms with Crippen LogP contribution in [0.5, 0.6) is 0 Å². The van der Waals surface area contributed by atoms with Crippen molar-refractivity contribution in [2.24, 2.45) is 0 Å². The summed E-state index contributed by atoms with van der Waals surface area (Å²) in [7, 11) is -3.50. The molecule has 2 aromatic carbocycles. The molecule has 0 amide bonds. The van der Waals surface area contributed by atoms with Gasteiger partial charge in [-0.25, -0.2) is 23.1 Å². The molecule has 0 radical (unpaired) electrons. The molecule has 1 fully saturated rings. The first-order valence-corrected chi connectivity index (χ1v) is 12.0. The first-order chi connectivity index (χ1) is 15.1. The SMILES string of the molecule is O=S(=O)(NCCc1ccccc1)c1ccc(CN2CCN(c3ncccn3)CC2)cc1. The van der Waals surface area contributed by atoms with Gasteiger partial charge >= 0.3 is 0 Å². The predicted octanol–water partition coefficient (Wildman–Crippen LogP) is 2.32. The third-order valence-corrected chi connectivity index (χ3v) is 6.87. The maximum Gasteiger partial charge on any atom is 0.240 e. The molecule has 0 saturated carbocycles. The Morgan fingerprint density at radius 2 is 1.48 bits per heavy atom. The minimum Gasteiger partial charge on any atom is -0.338 e. The normalized spacial score (nSPS) is 15.2. The molecule has 1 N–H and O–H groups in total. The fourth-order valence-corrected chi connectivity index (χ4v) is 4.68. The molecule has 4 rings (SSSR count). The molecule has 0 atom stereocenters. The molecule has 0 aliphatic carbocycles. The number of nitrogens with zero attached hydrogens (tertiary/aromatic N) is 4. The second-order valence-corrected chi connectivity index (χ2v) is 9.36. The molecule has 162 valence electrons. The molecule has 1 saturated heterocycles. The largest absolute Gasteiger partial charge is 0.338 e. The summed E-state index contributed by atoms with van der Waals surface area (Å²) < 4.78 is 27.8. The highest BCUT2D eigenvalue weighted by Gasteiger charge is 2.19. The van der Waals surface area contributed by atoms with Gasteiger partial charge in [-0.2, -0.15) is 0 Å². The van der Waals surface area contributed by atoms with Gasteiger partial charge in [0.15, 0.2) is 0 Å². The smallest absolute Gasteiger partial charge is 0.240 e. The van der Waals surface area contributed by atoms with Gasteiger partial charge in [-0.05, 0) is 35.7 Å². The highest BCUT2D eigenvalue weighted by Crippen LogP contribution is 2.15. The number of rotatable bonds is 8. The molecule has 2 heterocycles. The van der Waals surface area contributed by atoms with Gasteiger partial charge in [0.25, 0.3) is 0 Å². The van der Waals surface area contributed by atoms with E-state index in [1.165, 1.54) is 0 Å². The van der Waals surface area contributed by atoms with E-state index in [1.807, 2.05) is 48.5 Å². The van der Waals surface area contributed by atoms with E-state index in [-0.39, 0.29) is 0 Å². The molecule has 3 aromatic rings. The molecule has 31 heavy (non-hydrogen) atoms. The summed E-state index contributed by atoms with van der Waals surface area (Å²) in [5.74, 6) is 0.775. The van der Waals surface area contributed by atoms with Crippen molar-refractivity contribution in [1.82, 2.24) is 19.6 Å². The molecule has 1 aliphatic rings. The Morgan fingerprint density at radius 1 is 0.806 bits per heavy atom. The van der Waals surface area contributed by atoms with Gasteiger partial charge in [-0.3, -0.25) is 4.90 Å². The van der Waals surface area contributed by atoms with Crippen LogP contribution in [-0.2, 0) is 23.0 Å². The van der Waals surface area contributed by atoms with Crippen LogP contribution in [0.25, 0.3) is 0 Å². The summed E-state index contributed by atoms with van der Waals surface area (Å²) in [5.41, 5.74) is 2.21. The summed E-state index contributed by atoms with van der Waals surface area (Å²) in [6, 6.07) is 18.9. The zero-order valence-electron chi connectivity index (χ0n) is 17.4. The number of sulfonamides is 1. The lowest BCUT2D eigenvalue weighted by Gasteiger charge is -2.34. The molecular formula is C23H27N5O2S. The molecule has 8 heteroatoms. The van der Waals surface area contributed by atoms with Crippen molar-refractivity contribution in [1.29, 1.82) is 0 Å². The van der Waals surface area contributed by atoms with Crippen LogP contribution in [0.1, 0.15) is 11.1 Å². The van der Waals surface area contributed by atoms with E-state index in [9.17, 15) is 8.42 Å². The van der Waals surface area contributed by atoms with Gasteiger partial charge in [0.2, 0.25) is 16.0 Å². The lowest BCUT2D eigenvalue weighted by Crippen LogP contribution is -2.46. The van der Waals surface area contributed by atoms with Crippen LogP contribution in [0.3, 0.4) is 0 Å². The van der Waals surface area contributed by atoms with Gasteiger partial charge in [-0.15, -0.1) is 0 Å². The van der Waals surface area contributed by atoms with Crippen LogP contribution in [0.2, 0.25) is 0 Å². The summed E-state index contributed by atoms with van der Waals surface area (Å²) >= 11 is 0. The highest BCUT2D eigenvalue weighted by atomic mass is 32.2. The Balaban J connectivity index is 1.27. The quantitative estimate of drug-likeness (QED) is 0.583. The number of benzene rings is 2. The highest BCUT2D eigenvalue weighted by molar-refractivity contribution is 7.89. The van der Waals surface area contributed by atoms with Crippen molar-refractivity contribution < 1.29 is 8.42 Å². The van der Waals surface area contributed by atoms with Gasteiger partial charge in [0, 0.05) is 51.7 Å². The minimum atomic E-state index is -3.50. The summed E-state index contributed by atoms with van der Waals surface area (Å²) in [6.45, 7) is 4.76. The number of piperazine rings is 1. The molecular weight excluding hydrogens is 410 g/mol.